The van der Waals surface area contributed by atoms with E-state index in [0.29, 0.717) is 18.7 Å². The molecule has 2 N–H and O–H groups in total. The number of pyridine rings is 1. The van der Waals surface area contributed by atoms with Crippen molar-refractivity contribution >= 4 is 29.1 Å². The Labute approximate surface area is 232 Å². The molecule has 1 saturated heterocycles. The Hall–Kier alpha value is -3.56. The molecular weight excluding hydrogens is 526 g/mol. The normalized spacial score (nSPS) is 14.3. The van der Waals surface area contributed by atoms with Gasteiger partial charge in [0.25, 0.3) is 5.91 Å². The molecule has 1 aromatic heterocycles. The maximum absolute atomic E-state index is 14.4. The summed E-state index contributed by atoms with van der Waals surface area (Å²) >= 11 is 5.78. The van der Waals surface area contributed by atoms with Gasteiger partial charge in [0.05, 0.1) is 10.6 Å². The molecule has 0 aliphatic carbocycles. The van der Waals surface area contributed by atoms with E-state index in [-0.39, 0.29) is 45.8 Å². The highest BCUT2D eigenvalue weighted by atomic mass is 35.5. The second-order valence-electron chi connectivity index (χ2n) is 9.02. The second-order valence-corrected chi connectivity index (χ2v) is 9.42. The number of piperazine rings is 1. The van der Waals surface area contributed by atoms with Crippen molar-refractivity contribution < 1.29 is 23.1 Å². The molecule has 1 aliphatic heterocycles. The number of carbonyl (C=O) groups is 2. The van der Waals surface area contributed by atoms with Gasteiger partial charge in [0.1, 0.15) is 11.9 Å². The molecule has 10 heteroatoms. The number of nitrogens with zero attached hydrogens (tertiary/aromatic N) is 3. The molecule has 0 radical (unpaired) electrons. The van der Waals surface area contributed by atoms with Crippen molar-refractivity contribution in [3.63, 3.8) is 0 Å². The van der Waals surface area contributed by atoms with Crippen LogP contribution in [0, 0.1) is 11.6 Å². The number of likely N-dealkylation sites (N-methyl/N-ethyl adjacent to an activating group) is 1. The van der Waals surface area contributed by atoms with Crippen LogP contribution in [0.15, 0.2) is 48.7 Å². The summed E-state index contributed by atoms with van der Waals surface area (Å²) in [6, 6.07) is 10.5. The van der Waals surface area contributed by atoms with E-state index in [2.05, 4.69) is 9.88 Å². The first-order valence-electron chi connectivity index (χ1n) is 12.8. The highest BCUT2D eigenvalue weighted by Crippen LogP contribution is 2.32. The first kappa shape index (κ1) is 30.0. The third-order valence-electron chi connectivity index (χ3n) is 6.35. The van der Waals surface area contributed by atoms with E-state index in [9.17, 15) is 18.4 Å². The quantitative estimate of drug-likeness (QED) is 0.301. The number of nitrogens with two attached hydrogens (primary N) is 1. The van der Waals surface area contributed by atoms with Gasteiger partial charge in [0, 0.05) is 49.9 Å². The molecular formula is C29H33ClF2N4O3. The lowest BCUT2D eigenvalue weighted by Gasteiger charge is -2.32. The highest BCUT2D eigenvalue weighted by Gasteiger charge is 2.23. The van der Waals surface area contributed by atoms with Crippen LogP contribution in [0.5, 0.6) is 5.75 Å². The van der Waals surface area contributed by atoms with Crippen LogP contribution in [0.3, 0.4) is 0 Å². The Morgan fingerprint density at radius 2 is 1.69 bits per heavy atom. The number of hydrogen-bond acceptors (Lipinski definition) is 6. The Morgan fingerprint density at radius 3 is 2.33 bits per heavy atom. The summed E-state index contributed by atoms with van der Waals surface area (Å²) in [5.41, 5.74) is 7.05. The number of aromatic nitrogens is 1. The average Bonchev–Trinajstić information content (AvgIpc) is 2.93. The van der Waals surface area contributed by atoms with Gasteiger partial charge in [0.2, 0.25) is 0 Å². The Balaban J connectivity index is 0.00000205. The van der Waals surface area contributed by atoms with Gasteiger partial charge in [-0.15, -0.1) is 0 Å². The van der Waals surface area contributed by atoms with Crippen molar-refractivity contribution in [2.45, 2.75) is 33.3 Å². The zero-order valence-electron chi connectivity index (χ0n) is 22.5. The number of benzene rings is 2. The van der Waals surface area contributed by atoms with Crippen LogP contribution < -0.4 is 10.5 Å². The third-order valence-corrected chi connectivity index (χ3v) is 6.64. The fourth-order valence-corrected chi connectivity index (χ4v) is 4.28. The predicted molar refractivity (Wildman–Crippen MR) is 148 cm³/mol. The smallest absolute Gasteiger partial charge is 0.253 e. The third kappa shape index (κ3) is 7.30. The van der Waals surface area contributed by atoms with Gasteiger partial charge in [-0.25, -0.2) is 13.8 Å². The number of rotatable bonds is 7. The summed E-state index contributed by atoms with van der Waals surface area (Å²) < 4.78 is 34.3. The van der Waals surface area contributed by atoms with Gasteiger partial charge in [0.15, 0.2) is 23.2 Å². The summed E-state index contributed by atoms with van der Waals surface area (Å²) in [5, 5.41) is -0.238. The molecule has 2 heterocycles. The van der Waals surface area contributed by atoms with Crippen LogP contribution in [0.1, 0.15) is 58.7 Å². The Kier molecular flexibility index (Phi) is 10.4. The maximum atomic E-state index is 14.4. The topological polar surface area (TPSA) is 88.8 Å². The summed E-state index contributed by atoms with van der Waals surface area (Å²) in [6.07, 6.45) is 0.292. The minimum absolute atomic E-state index is 0.0187. The summed E-state index contributed by atoms with van der Waals surface area (Å²) in [6.45, 7) is 8.47. The lowest BCUT2D eigenvalue weighted by Crippen LogP contribution is -2.47. The molecule has 0 bridgehead atoms. The molecule has 0 unspecified atom stereocenters. The summed E-state index contributed by atoms with van der Waals surface area (Å²) in [5.74, 6) is -2.05. The average molecular weight is 559 g/mol. The number of halogens is 3. The SMILES string of the molecule is CC.C[C@@H](Oc1cc(C(=O)Cc2ccc(C(=O)N3CCN(C)CC3)cc2)cnc1N)c1c(F)ccc(Cl)c1F. The summed E-state index contributed by atoms with van der Waals surface area (Å²) in [4.78, 5) is 33.7. The van der Waals surface area contributed by atoms with Gasteiger partial charge in [-0.05, 0) is 49.9 Å². The largest absolute Gasteiger partial charge is 0.482 e. The maximum Gasteiger partial charge on any atom is 0.253 e. The number of anilines is 1. The molecule has 2 aromatic carbocycles. The van der Waals surface area contributed by atoms with Crippen molar-refractivity contribution in [1.29, 1.82) is 0 Å². The number of ketones is 1. The number of amides is 1. The van der Waals surface area contributed by atoms with Crippen molar-refractivity contribution in [3.05, 3.63) is 87.6 Å². The minimum Gasteiger partial charge on any atom is -0.482 e. The number of ether oxygens (including phenoxy) is 1. The van der Waals surface area contributed by atoms with Crippen molar-refractivity contribution in [2.75, 3.05) is 39.0 Å². The van der Waals surface area contributed by atoms with Crippen LogP contribution >= 0.6 is 11.6 Å². The molecule has 208 valence electrons. The summed E-state index contributed by atoms with van der Waals surface area (Å²) in [7, 11) is 2.03. The molecule has 0 saturated carbocycles. The first-order chi connectivity index (χ1) is 18.6. The molecule has 1 fully saturated rings. The lowest BCUT2D eigenvalue weighted by atomic mass is 10.0. The van der Waals surface area contributed by atoms with E-state index in [0.717, 1.165) is 30.8 Å². The van der Waals surface area contributed by atoms with Crippen LogP contribution in [0.4, 0.5) is 14.6 Å². The van der Waals surface area contributed by atoms with Crippen LogP contribution in [0.2, 0.25) is 5.02 Å². The van der Waals surface area contributed by atoms with E-state index < -0.39 is 17.7 Å². The van der Waals surface area contributed by atoms with Crippen LogP contribution in [0.25, 0.3) is 0 Å². The van der Waals surface area contributed by atoms with Crippen molar-refractivity contribution in [3.8, 4) is 5.75 Å². The lowest BCUT2D eigenvalue weighted by molar-refractivity contribution is 0.0664. The molecule has 7 nitrogen and oxygen atoms in total. The standard InChI is InChI=1S/C27H27ClF2N4O3.C2H6/c1-16(24-21(29)8-7-20(28)25(24)30)37-23-14-19(15-32-26(23)31)22(35)13-17-3-5-18(6-4-17)27(36)34-11-9-33(2)10-12-34;1-2/h3-8,14-16H,9-13H2,1-2H3,(H2,31,32);1-2H3/t16-;/m1./s1. The zero-order valence-corrected chi connectivity index (χ0v) is 23.3. The highest BCUT2D eigenvalue weighted by molar-refractivity contribution is 6.30. The van der Waals surface area contributed by atoms with Crippen molar-refractivity contribution in [2.24, 2.45) is 0 Å². The molecule has 3 aromatic rings. The number of Topliss-reactive ketones (excluding diaryl/α,β-unsaturated/α-hetero) is 1. The molecule has 0 spiro atoms. The molecule has 1 aliphatic rings. The van der Waals surface area contributed by atoms with E-state index >= 15 is 0 Å². The van der Waals surface area contributed by atoms with Gasteiger partial charge in [-0.1, -0.05) is 37.6 Å². The molecule has 1 atom stereocenters. The number of nitrogen functional groups attached to an aromatic ring is 1. The minimum atomic E-state index is -1.08. The van der Waals surface area contributed by atoms with Gasteiger partial charge >= 0.3 is 0 Å². The monoisotopic (exact) mass is 558 g/mol. The van der Waals surface area contributed by atoms with Crippen molar-refractivity contribution in [1.82, 2.24) is 14.8 Å². The molecule has 39 heavy (non-hydrogen) atoms. The number of carbonyl (C=O) groups excluding carboxylic acids is 2. The fourth-order valence-electron chi connectivity index (χ4n) is 4.11. The molecule has 4 rings (SSSR count). The van der Waals surface area contributed by atoms with Crippen LogP contribution in [-0.2, 0) is 6.42 Å². The van der Waals surface area contributed by atoms with E-state index in [1.165, 1.54) is 19.2 Å². The van der Waals surface area contributed by atoms with E-state index in [1.54, 1.807) is 24.3 Å². The van der Waals surface area contributed by atoms with Crippen LogP contribution in [-0.4, -0.2) is 59.7 Å². The molecule has 1 amide bonds. The van der Waals surface area contributed by atoms with Gasteiger partial charge in [-0.3, -0.25) is 9.59 Å². The number of hydrogen-bond donors (Lipinski definition) is 1. The Morgan fingerprint density at radius 1 is 1.05 bits per heavy atom. The van der Waals surface area contributed by atoms with Gasteiger partial charge < -0.3 is 20.3 Å². The zero-order chi connectivity index (χ0) is 28.7. The fraction of sp³-hybridized carbons (Fsp3) is 0.345. The first-order valence-corrected chi connectivity index (χ1v) is 13.2. The Bertz CT molecular complexity index is 1310. The second kappa shape index (κ2) is 13.5. The predicted octanol–water partition coefficient (Wildman–Crippen LogP) is 5.57. The van der Waals surface area contributed by atoms with E-state index in [4.69, 9.17) is 22.1 Å². The van der Waals surface area contributed by atoms with Gasteiger partial charge in [-0.2, -0.15) is 0 Å². The van der Waals surface area contributed by atoms with E-state index in [1.807, 2.05) is 25.8 Å².